The second kappa shape index (κ2) is 9.32. The zero-order valence-electron chi connectivity index (χ0n) is 16.9. The van der Waals surface area contributed by atoms with Crippen LogP contribution >= 0.6 is 0 Å². The van der Waals surface area contributed by atoms with E-state index < -0.39 is 21.5 Å². The first kappa shape index (κ1) is 22.8. The fraction of sp³-hybridized carbons (Fsp3) is 0.350. The molecule has 0 saturated carbocycles. The van der Waals surface area contributed by atoms with Crippen LogP contribution in [0.5, 0.6) is 0 Å². The van der Waals surface area contributed by atoms with E-state index >= 15 is 0 Å². The highest BCUT2D eigenvalue weighted by molar-refractivity contribution is 7.90. The number of likely N-dealkylation sites (N-methyl/N-ethyl adjacent to an activating group) is 1. The summed E-state index contributed by atoms with van der Waals surface area (Å²) < 4.78 is 50.5. The Morgan fingerprint density at radius 2 is 1.59 bits per heavy atom. The summed E-state index contributed by atoms with van der Waals surface area (Å²) in [6, 6.07) is 8.81. The number of amides is 2. The first-order valence-electron chi connectivity index (χ1n) is 8.90. The summed E-state index contributed by atoms with van der Waals surface area (Å²) in [6.45, 7) is 0.856. The highest BCUT2D eigenvalue weighted by atomic mass is 32.2. The van der Waals surface area contributed by atoms with E-state index in [-0.39, 0.29) is 23.0 Å². The summed E-state index contributed by atoms with van der Waals surface area (Å²) in [5, 5.41) is 0. The topological polar surface area (TPSA) is 60.9 Å². The second-order valence-electron chi connectivity index (χ2n) is 7.07. The van der Waals surface area contributed by atoms with Gasteiger partial charge in [0.2, 0.25) is 0 Å². The molecule has 2 aromatic rings. The van der Waals surface area contributed by atoms with Crippen molar-refractivity contribution >= 4 is 21.6 Å². The highest BCUT2D eigenvalue weighted by Crippen LogP contribution is 2.20. The molecule has 0 fully saturated rings. The van der Waals surface area contributed by atoms with Crippen LogP contribution in [0.4, 0.5) is 19.3 Å². The Labute approximate surface area is 170 Å². The van der Waals surface area contributed by atoms with E-state index in [0.29, 0.717) is 18.8 Å². The number of hydrogen-bond acceptors (Lipinski definition) is 4. The number of rotatable bonds is 7. The molecule has 0 heterocycles. The van der Waals surface area contributed by atoms with Gasteiger partial charge < -0.3 is 9.80 Å². The van der Waals surface area contributed by atoms with Crippen LogP contribution < -0.4 is 4.90 Å². The van der Waals surface area contributed by atoms with E-state index in [4.69, 9.17) is 0 Å². The first-order valence-corrected chi connectivity index (χ1v) is 10.8. The lowest BCUT2D eigenvalue weighted by Gasteiger charge is -2.29. The molecule has 0 bridgehead atoms. The van der Waals surface area contributed by atoms with Gasteiger partial charge in [-0.25, -0.2) is 22.0 Å². The van der Waals surface area contributed by atoms with Crippen molar-refractivity contribution in [3.8, 4) is 0 Å². The van der Waals surface area contributed by atoms with Crippen LogP contribution in [0.15, 0.2) is 47.4 Å². The van der Waals surface area contributed by atoms with Crippen molar-refractivity contribution in [1.29, 1.82) is 0 Å². The fourth-order valence-corrected chi connectivity index (χ4v) is 3.29. The molecule has 0 spiro atoms. The third kappa shape index (κ3) is 6.23. The Morgan fingerprint density at radius 1 is 0.966 bits per heavy atom. The van der Waals surface area contributed by atoms with Gasteiger partial charge in [0.1, 0.15) is 11.6 Å². The van der Waals surface area contributed by atoms with Crippen molar-refractivity contribution < 1.29 is 22.0 Å². The molecule has 2 rings (SSSR count). The van der Waals surface area contributed by atoms with Gasteiger partial charge >= 0.3 is 6.03 Å². The maximum Gasteiger partial charge on any atom is 0.324 e. The molecule has 0 aromatic heterocycles. The normalized spacial score (nSPS) is 11.6. The molecule has 0 aliphatic carbocycles. The predicted octanol–water partition coefficient (Wildman–Crippen LogP) is 2.99. The van der Waals surface area contributed by atoms with Crippen molar-refractivity contribution in [2.75, 3.05) is 45.4 Å². The summed E-state index contributed by atoms with van der Waals surface area (Å²) >= 11 is 0. The summed E-state index contributed by atoms with van der Waals surface area (Å²) in [5.74, 6) is -1.40. The second-order valence-corrected chi connectivity index (χ2v) is 9.08. The van der Waals surface area contributed by atoms with Crippen LogP contribution in [0.2, 0.25) is 0 Å². The molecule has 0 atom stereocenters. The standard InChI is InChI=1S/C20H25F2N3O3S/c1-23(2)11-12-25(14-15-5-6-16(21)13-19(15)22)20(26)24(3)17-7-9-18(10-8-17)29(4,27)28/h5-10,13H,11-12,14H2,1-4H3. The molecule has 2 amide bonds. The number of nitrogens with zero attached hydrogens (tertiary/aromatic N) is 3. The number of anilines is 1. The molecule has 0 radical (unpaired) electrons. The van der Waals surface area contributed by atoms with Gasteiger partial charge in [0.25, 0.3) is 0 Å². The van der Waals surface area contributed by atoms with E-state index in [1.165, 1.54) is 40.1 Å². The minimum absolute atomic E-state index is 0.0233. The number of urea groups is 1. The van der Waals surface area contributed by atoms with Gasteiger partial charge in [0.15, 0.2) is 9.84 Å². The highest BCUT2D eigenvalue weighted by Gasteiger charge is 2.21. The summed E-state index contributed by atoms with van der Waals surface area (Å²) in [6.07, 6.45) is 1.11. The van der Waals surface area contributed by atoms with E-state index in [9.17, 15) is 22.0 Å². The maximum absolute atomic E-state index is 14.1. The molecular formula is C20H25F2N3O3S. The van der Waals surface area contributed by atoms with Crippen molar-refractivity contribution in [1.82, 2.24) is 9.80 Å². The van der Waals surface area contributed by atoms with Crippen molar-refractivity contribution in [3.05, 3.63) is 59.7 Å². The molecule has 6 nitrogen and oxygen atoms in total. The zero-order chi connectivity index (χ0) is 21.8. The largest absolute Gasteiger partial charge is 0.324 e. The summed E-state index contributed by atoms with van der Waals surface area (Å²) in [7, 11) is 1.93. The molecule has 0 N–H and O–H groups in total. The Bertz CT molecular complexity index is 963. The predicted molar refractivity (Wildman–Crippen MR) is 109 cm³/mol. The van der Waals surface area contributed by atoms with Gasteiger partial charge in [-0.3, -0.25) is 4.90 Å². The maximum atomic E-state index is 14.1. The number of carbonyl (C=O) groups excluding carboxylic acids is 1. The molecular weight excluding hydrogens is 400 g/mol. The average molecular weight is 426 g/mol. The SMILES string of the molecule is CN(C)CCN(Cc1ccc(F)cc1F)C(=O)N(C)c1ccc(S(C)(=O)=O)cc1. The Morgan fingerprint density at radius 3 is 2.10 bits per heavy atom. The lowest BCUT2D eigenvalue weighted by atomic mass is 10.2. The van der Waals surface area contributed by atoms with Crippen LogP contribution in [0.1, 0.15) is 5.56 Å². The third-order valence-electron chi connectivity index (χ3n) is 4.40. The van der Waals surface area contributed by atoms with Crippen LogP contribution in [0, 0.1) is 11.6 Å². The number of benzene rings is 2. The molecule has 158 valence electrons. The van der Waals surface area contributed by atoms with Crippen molar-refractivity contribution in [2.45, 2.75) is 11.4 Å². The van der Waals surface area contributed by atoms with Crippen molar-refractivity contribution in [3.63, 3.8) is 0 Å². The molecule has 29 heavy (non-hydrogen) atoms. The monoisotopic (exact) mass is 425 g/mol. The number of hydrogen-bond donors (Lipinski definition) is 0. The van der Waals surface area contributed by atoms with Gasteiger partial charge in [-0.15, -0.1) is 0 Å². The third-order valence-corrected chi connectivity index (χ3v) is 5.53. The molecule has 0 saturated heterocycles. The number of halogens is 2. The Balaban J connectivity index is 2.25. The van der Waals surface area contributed by atoms with E-state index in [2.05, 4.69) is 0 Å². The smallest absolute Gasteiger partial charge is 0.319 e. The van der Waals surface area contributed by atoms with E-state index in [0.717, 1.165) is 18.4 Å². The zero-order valence-corrected chi connectivity index (χ0v) is 17.7. The van der Waals surface area contributed by atoms with Gasteiger partial charge in [-0.1, -0.05) is 6.07 Å². The molecule has 9 heteroatoms. The summed E-state index contributed by atoms with van der Waals surface area (Å²) in [5.41, 5.74) is 0.705. The molecule has 0 aliphatic rings. The van der Waals surface area contributed by atoms with Gasteiger partial charge in [0, 0.05) is 43.7 Å². The quantitative estimate of drug-likeness (QED) is 0.684. The Hall–Kier alpha value is -2.52. The number of sulfone groups is 1. The molecule has 0 aliphatic heterocycles. The number of carbonyl (C=O) groups is 1. The first-order chi connectivity index (χ1) is 13.5. The average Bonchev–Trinajstić information content (AvgIpc) is 2.64. The van der Waals surface area contributed by atoms with Gasteiger partial charge in [-0.2, -0.15) is 0 Å². The van der Waals surface area contributed by atoms with Gasteiger partial charge in [-0.05, 0) is 44.4 Å². The van der Waals surface area contributed by atoms with E-state index in [1.54, 1.807) is 7.05 Å². The fourth-order valence-electron chi connectivity index (χ4n) is 2.66. The van der Waals surface area contributed by atoms with Crippen LogP contribution in [-0.2, 0) is 16.4 Å². The van der Waals surface area contributed by atoms with Crippen LogP contribution in [0.25, 0.3) is 0 Å². The van der Waals surface area contributed by atoms with Crippen molar-refractivity contribution in [2.24, 2.45) is 0 Å². The van der Waals surface area contributed by atoms with Gasteiger partial charge in [0.05, 0.1) is 11.4 Å². The molecule has 2 aromatic carbocycles. The van der Waals surface area contributed by atoms with Crippen LogP contribution in [0.3, 0.4) is 0 Å². The van der Waals surface area contributed by atoms with Crippen LogP contribution in [-0.4, -0.2) is 64.7 Å². The molecule has 0 unspecified atom stereocenters. The Kier molecular flexibility index (Phi) is 7.32. The lowest BCUT2D eigenvalue weighted by molar-refractivity contribution is 0.196. The summed E-state index contributed by atoms with van der Waals surface area (Å²) in [4.78, 5) is 17.9. The minimum Gasteiger partial charge on any atom is -0.319 e. The minimum atomic E-state index is -3.34. The van der Waals surface area contributed by atoms with E-state index in [1.807, 2.05) is 19.0 Å². The lowest BCUT2D eigenvalue weighted by Crippen LogP contribution is -2.43.